The van der Waals surface area contributed by atoms with E-state index in [1.165, 1.54) is 0 Å². The number of carbonyl (C=O) groups is 1. The molecular formula is C16H22ClNO2S. The Morgan fingerprint density at radius 2 is 2.10 bits per heavy atom. The molecule has 0 aliphatic carbocycles. The van der Waals surface area contributed by atoms with Crippen LogP contribution in [-0.4, -0.2) is 40.4 Å². The lowest BCUT2D eigenvalue weighted by atomic mass is 10.1. The van der Waals surface area contributed by atoms with E-state index >= 15 is 0 Å². The zero-order valence-electron chi connectivity index (χ0n) is 12.3. The summed E-state index contributed by atoms with van der Waals surface area (Å²) in [5, 5.41) is 10.1. The number of hydrogen-bond acceptors (Lipinski definition) is 3. The van der Waals surface area contributed by atoms with Crippen LogP contribution in [0, 0.1) is 0 Å². The fourth-order valence-electron chi connectivity index (χ4n) is 2.66. The zero-order chi connectivity index (χ0) is 15.2. The smallest absolute Gasteiger partial charge is 0.236 e. The molecule has 0 aromatic heterocycles. The van der Waals surface area contributed by atoms with E-state index in [9.17, 15) is 9.90 Å². The van der Waals surface area contributed by atoms with Crippen molar-refractivity contribution < 1.29 is 9.90 Å². The van der Waals surface area contributed by atoms with Crippen LogP contribution in [0.5, 0.6) is 0 Å². The van der Waals surface area contributed by atoms with Crippen molar-refractivity contribution in [1.29, 1.82) is 0 Å². The molecule has 1 aliphatic heterocycles. The molecule has 0 bridgehead atoms. The van der Waals surface area contributed by atoms with Crippen LogP contribution < -0.4 is 0 Å². The molecule has 1 aromatic rings. The van der Waals surface area contributed by atoms with Crippen molar-refractivity contribution in [3.05, 3.63) is 29.3 Å². The van der Waals surface area contributed by atoms with Gasteiger partial charge >= 0.3 is 0 Å². The summed E-state index contributed by atoms with van der Waals surface area (Å²) in [5.41, 5.74) is 0. The van der Waals surface area contributed by atoms with Crippen LogP contribution in [-0.2, 0) is 4.79 Å². The monoisotopic (exact) mass is 327 g/mol. The molecule has 21 heavy (non-hydrogen) atoms. The summed E-state index contributed by atoms with van der Waals surface area (Å²) in [4.78, 5) is 15.6. The van der Waals surface area contributed by atoms with Gasteiger partial charge < -0.3 is 10.0 Å². The van der Waals surface area contributed by atoms with Gasteiger partial charge in [0.2, 0.25) is 5.91 Å². The van der Waals surface area contributed by atoms with Gasteiger partial charge in [0.05, 0.1) is 17.9 Å². The molecule has 116 valence electrons. The second-order valence-electron chi connectivity index (χ2n) is 5.43. The number of amides is 1. The topological polar surface area (TPSA) is 40.5 Å². The average Bonchev–Trinajstić information content (AvgIpc) is 2.73. The second kappa shape index (κ2) is 8.06. The SMILES string of the molecule is CC(Sc1ccc(Cl)cc1)C(=O)N1CCCCCC1CO. The Balaban J connectivity index is 2.01. The van der Waals surface area contributed by atoms with E-state index in [0.717, 1.165) is 37.1 Å². The number of nitrogens with zero attached hydrogens (tertiary/aromatic N) is 1. The summed E-state index contributed by atoms with van der Waals surface area (Å²) < 4.78 is 0. The third-order valence-electron chi connectivity index (χ3n) is 3.85. The first-order chi connectivity index (χ1) is 10.1. The summed E-state index contributed by atoms with van der Waals surface area (Å²) >= 11 is 7.42. The van der Waals surface area contributed by atoms with Crippen molar-refractivity contribution in [2.75, 3.05) is 13.2 Å². The van der Waals surface area contributed by atoms with Gasteiger partial charge in [-0.15, -0.1) is 11.8 Å². The molecule has 0 saturated carbocycles. The van der Waals surface area contributed by atoms with Gasteiger partial charge in [0, 0.05) is 16.5 Å². The highest BCUT2D eigenvalue weighted by molar-refractivity contribution is 8.00. The molecule has 0 radical (unpaired) electrons. The van der Waals surface area contributed by atoms with Gasteiger partial charge in [-0.1, -0.05) is 24.4 Å². The van der Waals surface area contributed by atoms with Gasteiger partial charge in [-0.25, -0.2) is 0 Å². The lowest BCUT2D eigenvalue weighted by Gasteiger charge is -2.30. The second-order valence-corrected chi connectivity index (χ2v) is 7.28. The minimum absolute atomic E-state index is 0.0201. The van der Waals surface area contributed by atoms with Gasteiger partial charge in [0.25, 0.3) is 0 Å². The molecule has 1 heterocycles. The van der Waals surface area contributed by atoms with E-state index in [-0.39, 0.29) is 23.8 Å². The predicted molar refractivity (Wildman–Crippen MR) is 87.8 cm³/mol. The Kier molecular flexibility index (Phi) is 6.40. The van der Waals surface area contributed by atoms with Gasteiger partial charge in [-0.2, -0.15) is 0 Å². The van der Waals surface area contributed by atoms with Gasteiger partial charge in [-0.05, 0) is 44.0 Å². The third kappa shape index (κ3) is 4.63. The number of carbonyl (C=O) groups excluding carboxylic acids is 1. The van der Waals surface area contributed by atoms with Crippen LogP contribution in [0.1, 0.15) is 32.6 Å². The molecule has 2 unspecified atom stereocenters. The molecule has 1 amide bonds. The van der Waals surface area contributed by atoms with Crippen molar-refractivity contribution in [3.8, 4) is 0 Å². The highest BCUT2D eigenvalue weighted by Crippen LogP contribution is 2.27. The Morgan fingerprint density at radius 3 is 2.76 bits per heavy atom. The number of aliphatic hydroxyl groups excluding tert-OH is 1. The van der Waals surface area contributed by atoms with Gasteiger partial charge in [0.1, 0.15) is 0 Å². The van der Waals surface area contributed by atoms with Gasteiger partial charge in [-0.3, -0.25) is 4.79 Å². The fraction of sp³-hybridized carbons (Fsp3) is 0.562. The van der Waals surface area contributed by atoms with Crippen molar-refractivity contribution in [3.63, 3.8) is 0 Å². The lowest BCUT2D eigenvalue weighted by molar-refractivity contribution is -0.133. The van der Waals surface area contributed by atoms with Crippen LogP contribution in [0.3, 0.4) is 0 Å². The number of benzene rings is 1. The van der Waals surface area contributed by atoms with E-state index in [4.69, 9.17) is 11.6 Å². The number of thioether (sulfide) groups is 1. The highest BCUT2D eigenvalue weighted by atomic mass is 35.5. The van der Waals surface area contributed by atoms with Crippen molar-refractivity contribution >= 4 is 29.3 Å². The average molecular weight is 328 g/mol. The summed E-state index contributed by atoms with van der Waals surface area (Å²) in [6.07, 6.45) is 4.16. The molecule has 2 rings (SSSR count). The summed E-state index contributed by atoms with van der Waals surface area (Å²) in [6.45, 7) is 2.75. The highest BCUT2D eigenvalue weighted by Gasteiger charge is 2.28. The van der Waals surface area contributed by atoms with E-state index in [0.29, 0.717) is 5.02 Å². The normalized spacial score (nSPS) is 20.9. The van der Waals surface area contributed by atoms with Crippen LogP contribution in [0.4, 0.5) is 0 Å². The maximum absolute atomic E-state index is 12.7. The number of halogens is 1. The lowest BCUT2D eigenvalue weighted by Crippen LogP contribution is -2.45. The number of aliphatic hydroxyl groups is 1. The van der Waals surface area contributed by atoms with E-state index in [1.54, 1.807) is 11.8 Å². The Morgan fingerprint density at radius 1 is 1.38 bits per heavy atom. The minimum Gasteiger partial charge on any atom is -0.394 e. The predicted octanol–water partition coefficient (Wildman–Crippen LogP) is 3.58. The van der Waals surface area contributed by atoms with Gasteiger partial charge in [0.15, 0.2) is 0 Å². The third-order valence-corrected chi connectivity index (χ3v) is 5.20. The van der Waals surface area contributed by atoms with E-state index in [1.807, 2.05) is 36.1 Å². The van der Waals surface area contributed by atoms with Crippen molar-refractivity contribution in [2.24, 2.45) is 0 Å². The number of rotatable bonds is 4. The summed E-state index contributed by atoms with van der Waals surface area (Å²) in [5.74, 6) is 0.121. The summed E-state index contributed by atoms with van der Waals surface area (Å²) in [7, 11) is 0. The largest absolute Gasteiger partial charge is 0.394 e. The van der Waals surface area contributed by atoms with Crippen molar-refractivity contribution in [1.82, 2.24) is 4.90 Å². The number of likely N-dealkylation sites (tertiary alicyclic amines) is 1. The summed E-state index contributed by atoms with van der Waals surface area (Å²) in [6, 6.07) is 7.52. The standard InChI is InChI=1S/C16H22ClNO2S/c1-12(21-15-8-6-13(17)7-9-15)16(20)18-10-4-2-3-5-14(18)11-19/h6-9,12,14,19H,2-5,10-11H2,1H3. The van der Waals surface area contributed by atoms with E-state index < -0.39 is 0 Å². The van der Waals surface area contributed by atoms with E-state index in [2.05, 4.69) is 0 Å². The first-order valence-electron chi connectivity index (χ1n) is 7.45. The molecule has 1 fully saturated rings. The Labute approximate surface area is 135 Å². The molecule has 2 atom stereocenters. The molecule has 1 aliphatic rings. The van der Waals surface area contributed by atoms with Crippen LogP contribution in [0.25, 0.3) is 0 Å². The molecule has 1 saturated heterocycles. The maximum atomic E-state index is 12.7. The quantitative estimate of drug-likeness (QED) is 0.859. The molecule has 3 nitrogen and oxygen atoms in total. The van der Waals surface area contributed by atoms with Crippen LogP contribution in [0.15, 0.2) is 29.2 Å². The Hall–Kier alpha value is -0.710. The first-order valence-corrected chi connectivity index (χ1v) is 8.71. The molecular weight excluding hydrogens is 306 g/mol. The maximum Gasteiger partial charge on any atom is 0.236 e. The first kappa shape index (κ1) is 16.7. The van der Waals surface area contributed by atoms with Crippen LogP contribution in [0.2, 0.25) is 5.02 Å². The molecule has 0 spiro atoms. The Bertz CT molecular complexity index is 466. The van der Waals surface area contributed by atoms with Crippen LogP contribution >= 0.6 is 23.4 Å². The number of hydrogen-bond donors (Lipinski definition) is 1. The molecule has 1 aromatic carbocycles. The van der Waals surface area contributed by atoms with Crippen molar-refractivity contribution in [2.45, 2.75) is 48.8 Å². The fourth-order valence-corrected chi connectivity index (χ4v) is 3.72. The molecule has 5 heteroatoms. The zero-order valence-corrected chi connectivity index (χ0v) is 13.9. The minimum atomic E-state index is -0.154. The molecule has 1 N–H and O–H groups in total.